The first-order valence-electron chi connectivity index (χ1n) is 9.73. The average Bonchev–Trinajstić information content (AvgIpc) is 2.58. The van der Waals surface area contributed by atoms with E-state index in [9.17, 15) is 9.59 Å². The molecule has 2 unspecified atom stereocenters. The molecule has 0 aliphatic carbocycles. The molecule has 0 aromatic rings. The molecule has 0 saturated carbocycles. The van der Waals surface area contributed by atoms with Crippen molar-refractivity contribution in [1.82, 2.24) is 25.9 Å². The minimum Gasteiger partial charge on any atom is -0.436 e. The predicted octanol–water partition coefficient (Wildman–Crippen LogP) is -1.01. The number of hydrogen-bond donors (Lipinski definition) is 5. The molecule has 0 heterocycles. The SMILES string of the molecule is CB(O)NNC(=O)C(N)CCCCNC(=O)C(CCCCN(C)C)N(C)C. The van der Waals surface area contributed by atoms with Gasteiger partial charge in [0.05, 0.1) is 12.1 Å². The van der Waals surface area contributed by atoms with E-state index >= 15 is 0 Å². The maximum Gasteiger partial charge on any atom is 0.392 e. The summed E-state index contributed by atoms with van der Waals surface area (Å²) in [5, 5.41) is 14.4. The van der Waals surface area contributed by atoms with Crippen LogP contribution in [0.3, 0.4) is 0 Å². The highest BCUT2D eigenvalue weighted by Gasteiger charge is 2.20. The highest BCUT2D eigenvalue weighted by atomic mass is 16.2. The van der Waals surface area contributed by atoms with Gasteiger partial charge in [0.1, 0.15) is 0 Å². The Labute approximate surface area is 164 Å². The molecule has 0 aliphatic rings. The molecule has 0 rings (SSSR count). The average molecular weight is 386 g/mol. The zero-order chi connectivity index (χ0) is 20.8. The largest absolute Gasteiger partial charge is 0.436 e. The van der Waals surface area contributed by atoms with E-state index in [1.165, 1.54) is 6.82 Å². The summed E-state index contributed by atoms with van der Waals surface area (Å²) in [7, 11) is 7.12. The summed E-state index contributed by atoms with van der Waals surface area (Å²) in [6, 6.07) is -0.759. The molecule has 0 aromatic carbocycles. The van der Waals surface area contributed by atoms with E-state index in [4.69, 9.17) is 10.8 Å². The monoisotopic (exact) mass is 386 g/mol. The van der Waals surface area contributed by atoms with Crippen molar-refractivity contribution >= 4 is 18.9 Å². The molecule has 0 radical (unpaired) electrons. The summed E-state index contributed by atoms with van der Waals surface area (Å²) in [5.74, 6) is -0.307. The Hall–Kier alpha value is -1.20. The number of hydrogen-bond acceptors (Lipinski definition) is 7. The Morgan fingerprint density at radius 3 is 2.22 bits per heavy atom. The maximum atomic E-state index is 12.4. The van der Waals surface area contributed by atoms with E-state index in [1.54, 1.807) is 0 Å². The van der Waals surface area contributed by atoms with Gasteiger partial charge in [-0.25, -0.2) is 5.34 Å². The fourth-order valence-corrected chi connectivity index (χ4v) is 2.61. The first kappa shape index (κ1) is 25.8. The van der Waals surface area contributed by atoms with Crippen molar-refractivity contribution in [1.29, 1.82) is 0 Å². The Morgan fingerprint density at radius 1 is 1.04 bits per heavy atom. The number of nitrogens with zero attached hydrogens (tertiary/aromatic N) is 2. The van der Waals surface area contributed by atoms with E-state index in [0.717, 1.165) is 38.6 Å². The topological polar surface area (TPSA) is 123 Å². The quantitative estimate of drug-likeness (QED) is 0.139. The summed E-state index contributed by atoms with van der Waals surface area (Å²) >= 11 is 0. The molecule has 2 amide bonds. The summed E-state index contributed by atoms with van der Waals surface area (Å²) < 4.78 is 0. The van der Waals surface area contributed by atoms with Gasteiger partial charge in [-0.15, -0.1) is 0 Å². The van der Waals surface area contributed by atoms with Crippen molar-refractivity contribution in [3.05, 3.63) is 0 Å². The van der Waals surface area contributed by atoms with Crippen molar-refractivity contribution < 1.29 is 14.6 Å². The smallest absolute Gasteiger partial charge is 0.392 e. The van der Waals surface area contributed by atoms with Gasteiger partial charge in [-0.3, -0.25) is 19.9 Å². The summed E-state index contributed by atoms with van der Waals surface area (Å²) in [4.78, 5) is 28.2. The number of carbonyl (C=O) groups is 2. The van der Waals surface area contributed by atoms with Crippen LogP contribution in [-0.4, -0.2) is 87.1 Å². The number of likely N-dealkylation sites (N-methyl/N-ethyl adjacent to an activating group) is 1. The van der Waals surface area contributed by atoms with Crippen LogP contribution in [-0.2, 0) is 9.59 Å². The molecule has 6 N–H and O–H groups in total. The molecule has 0 aliphatic heterocycles. The van der Waals surface area contributed by atoms with Crippen molar-refractivity contribution in [2.24, 2.45) is 5.73 Å². The highest BCUT2D eigenvalue weighted by Crippen LogP contribution is 2.07. The van der Waals surface area contributed by atoms with Crippen LogP contribution in [0.2, 0.25) is 6.82 Å². The van der Waals surface area contributed by atoms with Crippen molar-refractivity contribution in [3.63, 3.8) is 0 Å². The Morgan fingerprint density at radius 2 is 1.67 bits per heavy atom. The molecular weight excluding hydrogens is 347 g/mol. The van der Waals surface area contributed by atoms with Crippen LogP contribution in [0, 0.1) is 0 Å². The first-order chi connectivity index (χ1) is 12.6. The molecule has 0 fully saturated rings. The van der Waals surface area contributed by atoms with Crippen LogP contribution in [0.1, 0.15) is 38.5 Å². The van der Waals surface area contributed by atoms with E-state index in [-0.39, 0.29) is 17.9 Å². The molecule has 10 heteroatoms. The molecule has 27 heavy (non-hydrogen) atoms. The third-order valence-electron chi connectivity index (χ3n) is 4.24. The summed E-state index contributed by atoms with van der Waals surface area (Å²) in [5.41, 5.74) is 8.15. The fraction of sp³-hybridized carbons (Fsp3) is 0.882. The predicted molar refractivity (Wildman–Crippen MR) is 110 cm³/mol. The first-order valence-corrected chi connectivity index (χ1v) is 9.73. The number of rotatable bonds is 15. The standard InChI is InChI=1S/C17H39BN6O3/c1-18(27)22-21-16(25)14(19)10-6-8-12-20-17(26)15(24(4)5)11-7-9-13-23(2)3/h14-15,22,27H,6-13,19H2,1-5H3,(H,20,26)(H,21,25). The number of nitrogens with two attached hydrogens (primary N) is 1. The molecular formula is C17H39BN6O3. The van der Waals surface area contributed by atoms with Gasteiger partial charge in [-0.05, 0) is 73.7 Å². The zero-order valence-corrected chi connectivity index (χ0v) is 17.6. The van der Waals surface area contributed by atoms with Crippen LogP contribution in [0.5, 0.6) is 0 Å². The van der Waals surface area contributed by atoms with Gasteiger partial charge in [0, 0.05) is 6.54 Å². The Bertz CT molecular complexity index is 423. The molecule has 158 valence electrons. The van der Waals surface area contributed by atoms with Gasteiger partial charge in [-0.2, -0.15) is 0 Å². The maximum absolute atomic E-state index is 12.4. The van der Waals surface area contributed by atoms with E-state index in [1.807, 2.05) is 19.0 Å². The van der Waals surface area contributed by atoms with Crippen LogP contribution < -0.4 is 21.8 Å². The lowest BCUT2D eigenvalue weighted by molar-refractivity contribution is -0.126. The lowest BCUT2D eigenvalue weighted by Crippen LogP contribution is -2.51. The van der Waals surface area contributed by atoms with Crippen LogP contribution in [0.25, 0.3) is 0 Å². The van der Waals surface area contributed by atoms with Crippen LogP contribution in [0.4, 0.5) is 0 Å². The van der Waals surface area contributed by atoms with Gasteiger partial charge in [0.15, 0.2) is 0 Å². The second-order valence-corrected chi connectivity index (χ2v) is 7.48. The zero-order valence-electron chi connectivity index (χ0n) is 17.6. The number of carbonyl (C=O) groups excluding carboxylic acids is 2. The molecule has 2 atom stereocenters. The fourth-order valence-electron chi connectivity index (χ4n) is 2.61. The Balaban J connectivity index is 3.98. The van der Waals surface area contributed by atoms with Gasteiger partial charge in [0.2, 0.25) is 11.8 Å². The number of unbranched alkanes of at least 4 members (excludes halogenated alkanes) is 2. The number of amides is 2. The minimum absolute atomic E-state index is 0.0491. The lowest BCUT2D eigenvalue weighted by Gasteiger charge is -2.23. The molecule has 9 nitrogen and oxygen atoms in total. The number of nitrogens with one attached hydrogen (secondary N) is 3. The van der Waals surface area contributed by atoms with Gasteiger partial charge < -0.3 is 21.0 Å². The van der Waals surface area contributed by atoms with E-state index in [2.05, 4.69) is 35.1 Å². The molecule has 0 bridgehead atoms. The summed E-state index contributed by atoms with van der Waals surface area (Å²) in [6.07, 6.45) is 4.95. The van der Waals surface area contributed by atoms with E-state index in [0.29, 0.717) is 13.0 Å². The highest BCUT2D eigenvalue weighted by molar-refractivity contribution is 6.45. The van der Waals surface area contributed by atoms with Crippen LogP contribution in [0.15, 0.2) is 0 Å². The van der Waals surface area contributed by atoms with Gasteiger partial charge in [-0.1, -0.05) is 6.42 Å². The van der Waals surface area contributed by atoms with E-state index < -0.39 is 13.1 Å². The Kier molecular flexibility index (Phi) is 14.2. The third kappa shape index (κ3) is 13.6. The molecule has 0 aromatic heterocycles. The van der Waals surface area contributed by atoms with Crippen molar-refractivity contribution in [2.45, 2.75) is 57.4 Å². The second kappa shape index (κ2) is 14.8. The number of hydrazine groups is 1. The second-order valence-electron chi connectivity index (χ2n) is 7.48. The lowest BCUT2D eigenvalue weighted by atomic mass is 9.91. The van der Waals surface area contributed by atoms with Crippen molar-refractivity contribution in [3.8, 4) is 0 Å². The van der Waals surface area contributed by atoms with Crippen molar-refractivity contribution in [2.75, 3.05) is 41.3 Å². The van der Waals surface area contributed by atoms with Crippen LogP contribution >= 0.6 is 0 Å². The molecule has 0 saturated heterocycles. The normalized spacial score (nSPS) is 13.5. The summed E-state index contributed by atoms with van der Waals surface area (Å²) in [6.45, 7) is 3.10. The molecule has 0 spiro atoms. The van der Waals surface area contributed by atoms with Gasteiger partial charge in [0.25, 0.3) is 0 Å². The van der Waals surface area contributed by atoms with Gasteiger partial charge >= 0.3 is 7.05 Å². The third-order valence-corrected chi connectivity index (χ3v) is 4.24. The minimum atomic E-state index is -0.830.